The second-order valence-electron chi connectivity index (χ2n) is 4.33. The van der Waals surface area contributed by atoms with Crippen LogP contribution in [0.25, 0.3) is 0 Å². The Hall–Kier alpha value is -1.34. The first-order chi connectivity index (χ1) is 7.79. The minimum atomic E-state index is -0.378. The minimum absolute atomic E-state index is 0.378. The molecule has 16 heavy (non-hydrogen) atoms. The Kier molecular flexibility index (Phi) is 3.57. The van der Waals surface area contributed by atoms with Crippen LogP contribution in [0.1, 0.15) is 16.7 Å². The molecule has 0 aliphatic carbocycles. The summed E-state index contributed by atoms with van der Waals surface area (Å²) in [6, 6.07) is 21.7. The molecule has 0 N–H and O–H groups in total. The minimum Gasteiger partial charge on any atom is -0.0705 e. The van der Waals surface area contributed by atoms with Gasteiger partial charge in [-0.15, -0.1) is 0 Å². The lowest BCUT2D eigenvalue weighted by Crippen LogP contribution is -2.17. The summed E-state index contributed by atoms with van der Waals surface area (Å²) in [5, 5.41) is 0. The fourth-order valence-corrected chi connectivity index (χ4v) is 3.87. The quantitative estimate of drug-likeness (QED) is 0.690. The molecule has 0 saturated carbocycles. The second kappa shape index (κ2) is 5.13. The van der Waals surface area contributed by atoms with E-state index in [9.17, 15) is 0 Å². The average molecular weight is 225 g/mol. The zero-order valence-electron chi connectivity index (χ0n) is 9.85. The summed E-state index contributed by atoms with van der Waals surface area (Å²) in [6.45, 7) is 4.77. The molecule has 2 aromatic carbocycles. The maximum atomic E-state index is 2.38. The number of benzene rings is 2. The van der Waals surface area contributed by atoms with Gasteiger partial charge in [-0.05, 0) is 11.1 Å². The lowest BCUT2D eigenvalue weighted by molar-refractivity contribution is 1.10. The maximum absolute atomic E-state index is 2.38. The summed E-state index contributed by atoms with van der Waals surface area (Å²) in [6.07, 6.45) is 0. The number of hydrogen-bond donors (Lipinski definition) is 0. The van der Waals surface area contributed by atoms with E-state index in [4.69, 9.17) is 0 Å². The van der Waals surface area contributed by atoms with E-state index in [-0.39, 0.29) is 8.80 Å². The van der Waals surface area contributed by atoms with Crippen molar-refractivity contribution in [3.63, 3.8) is 0 Å². The van der Waals surface area contributed by atoms with Crippen LogP contribution in [0.2, 0.25) is 13.1 Å². The molecule has 0 aliphatic rings. The molecule has 0 fully saturated rings. The Morgan fingerprint density at radius 1 is 0.688 bits per heavy atom. The van der Waals surface area contributed by atoms with E-state index >= 15 is 0 Å². The van der Waals surface area contributed by atoms with Crippen molar-refractivity contribution in [3.05, 3.63) is 71.8 Å². The zero-order valence-corrected chi connectivity index (χ0v) is 10.9. The molecule has 0 atom stereocenters. The van der Waals surface area contributed by atoms with Gasteiger partial charge in [0.15, 0.2) is 0 Å². The first-order valence-electron chi connectivity index (χ1n) is 5.69. The van der Waals surface area contributed by atoms with E-state index in [1.54, 1.807) is 0 Å². The van der Waals surface area contributed by atoms with Crippen molar-refractivity contribution in [2.75, 3.05) is 0 Å². The van der Waals surface area contributed by atoms with Gasteiger partial charge in [-0.3, -0.25) is 0 Å². The van der Waals surface area contributed by atoms with Crippen LogP contribution >= 0.6 is 0 Å². The van der Waals surface area contributed by atoms with Gasteiger partial charge in [0.05, 0.1) is 8.80 Å². The Morgan fingerprint density at radius 3 is 1.38 bits per heavy atom. The van der Waals surface area contributed by atoms with Crippen molar-refractivity contribution in [3.8, 4) is 0 Å². The molecule has 0 saturated heterocycles. The smallest absolute Gasteiger partial charge is 0.0556 e. The first kappa shape index (κ1) is 11.2. The monoisotopic (exact) mass is 225 g/mol. The topological polar surface area (TPSA) is 0 Å². The van der Waals surface area contributed by atoms with Crippen LogP contribution in [0.4, 0.5) is 0 Å². The highest BCUT2D eigenvalue weighted by Gasteiger charge is 2.18. The third-order valence-electron chi connectivity index (χ3n) is 2.84. The van der Waals surface area contributed by atoms with Gasteiger partial charge >= 0.3 is 0 Å². The molecule has 2 aromatic rings. The van der Waals surface area contributed by atoms with Gasteiger partial charge < -0.3 is 0 Å². The predicted octanol–water partition coefficient (Wildman–Crippen LogP) is 4.11. The van der Waals surface area contributed by atoms with Crippen LogP contribution in [-0.4, -0.2) is 8.80 Å². The van der Waals surface area contributed by atoms with Crippen LogP contribution in [-0.2, 0) is 0 Å². The Bertz CT molecular complexity index is 380. The van der Waals surface area contributed by atoms with Crippen molar-refractivity contribution < 1.29 is 0 Å². The normalized spacial score (nSPS) is 11.0. The Balaban J connectivity index is 2.40. The van der Waals surface area contributed by atoms with Gasteiger partial charge in [0.25, 0.3) is 0 Å². The molecule has 0 amide bonds. The molecule has 2 rings (SSSR count). The van der Waals surface area contributed by atoms with E-state index in [0.29, 0.717) is 5.54 Å². The molecular formula is C15H17Si. The Morgan fingerprint density at radius 2 is 1.06 bits per heavy atom. The lowest BCUT2D eigenvalue weighted by atomic mass is 10.0. The third kappa shape index (κ3) is 2.42. The van der Waals surface area contributed by atoms with E-state index < -0.39 is 0 Å². The van der Waals surface area contributed by atoms with Crippen molar-refractivity contribution in [1.82, 2.24) is 0 Å². The molecule has 1 radical (unpaired) electrons. The molecule has 1 heteroatoms. The summed E-state index contributed by atoms with van der Waals surface area (Å²) in [5.41, 5.74) is 3.51. The van der Waals surface area contributed by atoms with Crippen molar-refractivity contribution in [1.29, 1.82) is 0 Å². The van der Waals surface area contributed by atoms with Crippen LogP contribution in [0.15, 0.2) is 60.7 Å². The molecule has 0 spiro atoms. The largest absolute Gasteiger partial charge is 0.0705 e. The fourth-order valence-electron chi connectivity index (χ4n) is 2.15. The zero-order chi connectivity index (χ0) is 11.4. The number of rotatable bonds is 3. The first-order valence-corrected chi connectivity index (χ1v) is 8.26. The second-order valence-corrected chi connectivity index (χ2v) is 7.06. The summed E-state index contributed by atoms with van der Waals surface area (Å²) >= 11 is 0. The van der Waals surface area contributed by atoms with Gasteiger partial charge in [0.1, 0.15) is 0 Å². The summed E-state index contributed by atoms with van der Waals surface area (Å²) in [5.74, 6) is 0. The highest BCUT2D eigenvalue weighted by Crippen LogP contribution is 2.26. The van der Waals surface area contributed by atoms with Crippen molar-refractivity contribution in [2.24, 2.45) is 0 Å². The molecule has 0 heterocycles. The Labute approximate surface area is 99.6 Å². The van der Waals surface area contributed by atoms with Gasteiger partial charge in [-0.1, -0.05) is 73.8 Å². The van der Waals surface area contributed by atoms with Gasteiger partial charge in [0.2, 0.25) is 0 Å². The lowest BCUT2D eigenvalue weighted by Gasteiger charge is -2.20. The van der Waals surface area contributed by atoms with E-state index in [1.165, 1.54) is 11.1 Å². The molecule has 0 aliphatic heterocycles. The van der Waals surface area contributed by atoms with Crippen LogP contribution in [0, 0.1) is 0 Å². The van der Waals surface area contributed by atoms with E-state index in [2.05, 4.69) is 73.8 Å². The standard InChI is InChI=1S/C15H17Si/c1-16(2)15(13-9-5-3-6-10-13)14-11-7-4-8-12-14/h3-12,15H,1-2H3. The van der Waals surface area contributed by atoms with Gasteiger partial charge in [-0.2, -0.15) is 0 Å². The maximum Gasteiger partial charge on any atom is 0.0556 e. The number of hydrogen-bond acceptors (Lipinski definition) is 0. The van der Waals surface area contributed by atoms with E-state index in [1.807, 2.05) is 0 Å². The van der Waals surface area contributed by atoms with Crippen LogP contribution in [0.3, 0.4) is 0 Å². The van der Waals surface area contributed by atoms with Crippen LogP contribution in [0.5, 0.6) is 0 Å². The molecule has 0 bridgehead atoms. The third-order valence-corrected chi connectivity index (χ3v) is 4.66. The summed E-state index contributed by atoms with van der Waals surface area (Å²) < 4.78 is 0. The molecular weight excluding hydrogens is 208 g/mol. The highest BCUT2D eigenvalue weighted by molar-refractivity contribution is 6.58. The summed E-state index contributed by atoms with van der Waals surface area (Å²) in [4.78, 5) is 0. The average Bonchev–Trinajstić information content (AvgIpc) is 2.31. The SMILES string of the molecule is C[Si](C)C(c1ccccc1)c1ccccc1. The predicted molar refractivity (Wildman–Crippen MR) is 72.2 cm³/mol. The fraction of sp³-hybridized carbons (Fsp3) is 0.200. The molecule has 0 aromatic heterocycles. The molecule has 0 nitrogen and oxygen atoms in total. The highest BCUT2D eigenvalue weighted by atomic mass is 28.3. The molecule has 0 unspecified atom stereocenters. The summed E-state index contributed by atoms with van der Waals surface area (Å²) in [7, 11) is -0.378. The van der Waals surface area contributed by atoms with E-state index in [0.717, 1.165) is 0 Å². The van der Waals surface area contributed by atoms with Gasteiger partial charge in [-0.25, -0.2) is 0 Å². The van der Waals surface area contributed by atoms with Crippen molar-refractivity contribution in [2.45, 2.75) is 18.6 Å². The molecule has 81 valence electrons. The van der Waals surface area contributed by atoms with Crippen molar-refractivity contribution >= 4 is 8.80 Å². The van der Waals surface area contributed by atoms with Crippen LogP contribution < -0.4 is 0 Å². The van der Waals surface area contributed by atoms with Gasteiger partial charge in [0, 0.05) is 5.54 Å².